The minimum Gasteiger partial charge on any atom is -0.444 e. The average molecular weight is 392 g/mol. The zero-order valence-corrected chi connectivity index (χ0v) is 15.9. The second-order valence-corrected chi connectivity index (χ2v) is 7.89. The van der Waals surface area contributed by atoms with Crippen molar-refractivity contribution in [1.29, 1.82) is 0 Å². The van der Waals surface area contributed by atoms with Gasteiger partial charge in [-0.1, -0.05) is 17.2 Å². The molecule has 1 unspecified atom stereocenters. The van der Waals surface area contributed by atoms with Gasteiger partial charge in [0, 0.05) is 13.1 Å². The number of carbonyl (C=O) groups is 4. The second kappa shape index (κ2) is 6.88. The fourth-order valence-corrected chi connectivity index (χ4v) is 3.11. The van der Waals surface area contributed by atoms with Gasteiger partial charge in [0.1, 0.15) is 17.7 Å². The molecule has 0 N–H and O–H groups in total. The van der Waals surface area contributed by atoms with Crippen molar-refractivity contribution in [2.45, 2.75) is 32.8 Å². The molecule has 1 atom stereocenters. The van der Waals surface area contributed by atoms with Crippen LogP contribution in [0.5, 0.6) is 0 Å². The van der Waals surface area contributed by atoms with Crippen molar-refractivity contribution in [3.63, 3.8) is 0 Å². The van der Waals surface area contributed by atoms with Gasteiger partial charge in [0.15, 0.2) is 0 Å². The molecule has 2 heterocycles. The van der Waals surface area contributed by atoms with E-state index in [0.717, 1.165) is 0 Å². The van der Waals surface area contributed by atoms with E-state index in [-0.39, 0.29) is 30.6 Å². The normalized spacial score (nSPS) is 21.7. The molecule has 0 aliphatic carbocycles. The van der Waals surface area contributed by atoms with E-state index in [1.165, 1.54) is 17.0 Å². The first-order valence-corrected chi connectivity index (χ1v) is 8.82. The number of rotatable bonds is 3. The first kappa shape index (κ1) is 19.8. The van der Waals surface area contributed by atoms with E-state index in [4.69, 9.17) is 9.57 Å². The highest BCUT2D eigenvalue weighted by Crippen LogP contribution is 2.35. The maximum Gasteiger partial charge on any atom is 0.410 e. The fourth-order valence-electron chi connectivity index (χ4n) is 3.11. The number of hydrogen-bond donors (Lipinski definition) is 0. The summed E-state index contributed by atoms with van der Waals surface area (Å²) in [5.41, 5.74) is -2.18. The van der Waals surface area contributed by atoms with Crippen LogP contribution in [0.4, 0.5) is 9.18 Å². The van der Waals surface area contributed by atoms with E-state index in [0.29, 0.717) is 5.06 Å². The van der Waals surface area contributed by atoms with E-state index < -0.39 is 41.6 Å². The Bertz CT molecular complexity index is 814. The molecule has 0 bridgehead atoms. The minimum atomic E-state index is -1.66. The van der Waals surface area contributed by atoms with Gasteiger partial charge in [-0.3, -0.25) is 9.59 Å². The number of ether oxygens (including phenoxy) is 1. The van der Waals surface area contributed by atoms with Gasteiger partial charge in [-0.25, -0.2) is 14.0 Å². The van der Waals surface area contributed by atoms with Crippen LogP contribution in [0.15, 0.2) is 24.3 Å². The topological polar surface area (TPSA) is 93.2 Å². The molecule has 2 aliphatic heterocycles. The van der Waals surface area contributed by atoms with Crippen molar-refractivity contribution in [2.75, 3.05) is 19.8 Å². The number of amides is 3. The van der Waals surface area contributed by atoms with E-state index in [1.54, 1.807) is 32.9 Å². The lowest BCUT2D eigenvalue weighted by molar-refractivity contribution is -0.181. The van der Waals surface area contributed by atoms with Gasteiger partial charge in [-0.15, -0.1) is 0 Å². The zero-order valence-electron chi connectivity index (χ0n) is 15.9. The van der Waals surface area contributed by atoms with Gasteiger partial charge in [0.2, 0.25) is 0 Å². The van der Waals surface area contributed by atoms with Gasteiger partial charge < -0.3 is 14.5 Å². The number of carbonyl (C=O) groups excluding carboxylic acids is 4. The second-order valence-electron chi connectivity index (χ2n) is 7.89. The Hall–Kier alpha value is -2.97. The van der Waals surface area contributed by atoms with Crippen LogP contribution in [0.2, 0.25) is 0 Å². The van der Waals surface area contributed by atoms with Crippen molar-refractivity contribution < 1.29 is 33.1 Å². The van der Waals surface area contributed by atoms with E-state index in [1.807, 2.05) is 0 Å². The number of benzene rings is 1. The molecule has 3 amide bonds. The van der Waals surface area contributed by atoms with E-state index in [2.05, 4.69) is 0 Å². The van der Waals surface area contributed by atoms with Gasteiger partial charge in [0.05, 0.1) is 11.1 Å². The van der Waals surface area contributed by atoms with Crippen molar-refractivity contribution >= 4 is 23.9 Å². The molecule has 1 aromatic rings. The van der Waals surface area contributed by atoms with Crippen LogP contribution in [0.25, 0.3) is 0 Å². The first-order chi connectivity index (χ1) is 13.1. The summed E-state index contributed by atoms with van der Waals surface area (Å²) >= 11 is 0. The highest BCUT2D eigenvalue weighted by atomic mass is 19.1. The maximum absolute atomic E-state index is 13.8. The van der Waals surface area contributed by atoms with Crippen LogP contribution >= 0.6 is 0 Å². The standard InChI is InChI=1S/C19H21FN2O6/c1-18(2,3)27-17(26)21-9-8-19(10-20,11-21)16(25)28-22-14(23)12-6-4-5-7-13(12)15(22)24/h4-7H,8-11H2,1-3H3. The van der Waals surface area contributed by atoms with Gasteiger partial charge in [-0.05, 0) is 39.3 Å². The summed E-state index contributed by atoms with van der Waals surface area (Å²) < 4.78 is 19.1. The summed E-state index contributed by atoms with van der Waals surface area (Å²) in [7, 11) is 0. The third kappa shape index (κ3) is 3.44. The summed E-state index contributed by atoms with van der Waals surface area (Å²) in [6, 6.07) is 6.03. The van der Waals surface area contributed by atoms with Crippen LogP contribution in [0.3, 0.4) is 0 Å². The molecule has 1 aromatic carbocycles. The molecule has 8 nitrogen and oxygen atoms in total. The number of alkyl halides is 1. The largest absolute Gasteiger partial charge is 0.444 e. The predicted molar refractivity (Wildman–Crippen MR) is 93.9 cm³/mol. The van der Waals surface area contributed by atoms with E-state index >= 15 is 0 Å². The summed E-state index contributed by atoms with van der Waals surface area (Å²) in [6.45, 7) is 3.81. The summed E-state index contributed by atoms with van der Waals surface area (Å²) in [5, 5.41) is 0.348. The molecular formula is C19H21FN2O6. The van der Waals surface area contributed by atoms with Crippen molar-refractivity contribution in [2.24, 2.45) is 5.41 Å². The lowest BCUT2D eigenvalue weighted by Gasteiger charge is -2.27. The lowest BCUT2D eigenvalue weighted by atomic mass is 9.89. The molecule has 2 aliphatic rings. The Labute approximate surface area is 161 Å². The molecule has 0 aromatic heterocycles. The first-order valence-electron chi connectivity index (χ1n) is 8.82. The Kier molecular flexibility index (Phi) is 4.86. The number of halogens is 1. The summed E-state index contributed by atoms with van der Waals surface area (Å²) in [6.07, 6.45) is -0.679. The third-order valence-electron chi connectivity index (χ3n) is 4.63. The molecule has 3 rings (SSSR count). The summed E-state index contributed by atoms with van der Waals surface area (Å²) in [4.78, 5) is 55.7. The molecule has 28 heavy (non-hydrogen) atoms. The number of hydroxylamine groups is 2. The molecule has 0 radical (unpaired) electrons. The number of nitrogens with zero attached hydrogens (tertiary/aromatic N) is 2. The van der Waals surface area contributed by atoms with Crippen LogP contribution < -0.4 is 0 Å². The number of likely N-dealkylation sites (tertiary alicyclic amines) is 1. The molecule has 9 heteroatoms. The fraction of sp³-hybridized carbons (Fsp3) is 0.474. The Morgan fingerprint density at radius 3 is 2.21 bits per heavy atom. The number of hydrogen-bond acceptors (Lipinski definition) is 6. The predicted octanol–water partition coefficient (Wildman–Crippen LogP) is 2.34. The monoisotopic (exact) mass is 392 g/mol. The van der Waals surface area contributed by atoms with Crippen molar-refractivity contribution in [3.05, 3.63) is 35.4 Å². The quantitative estimate of drug-likeness (QED) is 0.733. The molecule has 0 saturated carbocycles. The Morgan fingerprint density at radius 1 is 1.14 bits per heavy atom. The highest BCUT2D eigenvalue weighted by Gasteiger charge is 2.51. The molecular weight excluding hydrogens is 371 g/mol. The van der Waals surface area contributed by atoms with Crippen LogP contribution in [-0.2, 0) is 14.4 Å². The Morgan fingerprint density at radius 2 is 1.71 bits per heavy atom. The molecule has 150 valence electrons. The third-order valence-corrected chi connectivity index (χ3v) is 4.63. The molecule has 1 fully saturated rings. The van der Waals surface area contributed by atoms with Gasteiger partial charge in [0.25, 0.3) is 11.8 Å². The number of fused-ring (bicyclic) bond motifs is 1. The van der Waals surface area contributed by atoms with Crippen molar-refractivity contribution in [3.8, 4) is 0 Å². The van der Waals surface area contributed by atoms with Gasteiger partial charge >= 0.3 is 12.1 Å². The Balaban J connectivity index is 1.72. The lowest BCUT2D eigenvalue weighted by Crippen LogP contribution is -2.44. The minimum absolute atomic E-state index is 0.00918. The van der Waals surface area contributed by atoms with E-state index in [9.17, 15) is 23.6 Å². The van der Waals surface area contributed by atoms with Gasteiger partial charge in [-0.2, -0.15) is 0 Å². The zero-order chi connectivity index (χ0) is 20.7. The maximum atomic E-state index is 13.8. The average Bonchev–Trinajstić information content (AvgIpc) is 3.18. The molecule has 0 spiro atoms. The number of imide groups is 1. The highest BCUT2D eigenvalue weighted by molar-refractivity contribution is 6.20. The molecule has 1 saturated heterocycles. The smallest absolute Gasteiger partial charge is 0.410 e. The van der Waals surface area contributed by atoms with Crippen LogP contribution in [0, 0.1) is 5.41 Å². The van der Waals surface area contributed by atoms with Crippen LogP contribution in [0.1, 0.15) is 47.9 Å². The summed E-state index contributed by atoms with van der Waals surface area (Å²) in [5.74, 6) is -2.65. The SMILES string of the molecule is CC(C)(C)OC(=O)N1CCC(CF)(C(=O)ON2C(=O)c3ccccc3C2=O)C1. The van der Waals surface area contributed by atoms with Crippen LogP contribution in [-0.4, -0.2) is 59.2 Å². The van der Waals surface area contributed by atoms with Crippen molar-refractivity contribution in [1.82, 2.24) is 9.96 Å².